The second-order valence-electron chi connectivity index (χ2n) is 5.79. The number of hydrogen-bond donors (Lipinski definition) is 1. The second kappa shape index (κ2) is 7.02. The Morgan fingerprint density at radius 3 is 2.50 bits per heavy atom. The Morgan fingerprint density at radius 1 is 1.25 bits per heavy atom. The van der Waals surface area contributed by atoms with Gasteiger partial charge in [-0.1, -0.05) is 30.1 Å². The fourth-order valence-electron chi connectivity index (χ4n) is 2.89. The van der Waals surface area contributed by atoms with Gasteiger partial charge in [0, 0.05) is 11.1 Å². The molecule has 0 saturated carbocycles. The van der Waals surface area contributed by atoms with Crippen LogP contribution in [0.3, 0.4) is 0 Å². The molecule has 0 aliphatic carbocycles. The van der Waals surface area contributed by atoms with Gasteiger partial charge in [0.25, 0.3) is 0 Å². The SMILES string of the molecule is CCN1CCC(C(C)Nc2cc(Cl)c(C)cc2Cl)CC1. The molecule has 1 aliphatic heterocycles. The molecule has 20 heavy (non-hydrogen) atoms. The van der Waals surface area contributed by atoms with E-state index in [0.717, 1.165) is 27.8 Å². The van der Waals surface area contributed by atoms with Gasteiger partial charge in [-0.2, -0.15) is 0 Å². The van der Waals surface area contributed by atoms with Crippen molar-refractivity contribution in [3.8, 4) is 0 Å². The van der Waals surface area contributed by atoms with E-state index in [9.17, 15) is 0 Å². The van der Waals surface area contributed by atoms with Crippen LogP contribution in [0.25, 0.3) is 0 Å². The smallest absolute Gasteiger partial charge is 0.0641 e. The van der Waals surface area contributed by atoms with Gasteiger partial charge in [0.1, 0.15) is 0 Å². The Labute approximate surface area is 132 Å². The van der Waals surface area contributed by atoms with Crippen LogP contribution in [0.15, 0.2) is 12.1 Å². The second-order valence-corrected chi connectivity index (χ2v) is 6.60. The molecule has 1 saturated heterocycles. The van der Waals surface area contributed by atoms with Gasteiger partial charge in [-0.05, 0) is 69.9 Å². The van der Waals surface area contributed by atoms with Crippen LogP contribution in [0, 0.1) is 12.8 Å². The maximum atomic E-state index is 6.30. The summed E-state index contributed by atoms with van der Waals surface area (Å²) in [7, 11) is 0. The third kappa shape index (κ3) is 3.81. The molecule has 112 valence electrons. The summed E-state index contributed by atoms with van der Waals surface area (Å²) in [5, 5.41) is 5.07. The van der Waals surface area contributed by atoms with Crippen molar-refractivity contribution in [2.75, 3.05) is 25.0 Å². The first kappa shape index (κ1) is 15.9. The zero-order valence-electron chi connectivity index (χ0n) is 12.5. The van der Waals surface area contributed by atoms with Crippen molar-refractivity contribution in [2.45, 2.75) is 39.7 Å². The summed E-state index contributed by atoms with van der Waals surface area (Å²) < 4.78 is 0. The molecule has 1 atom stereocenters. The molecule has 1 fully saturated rings. The average molecular weight is 315 g/mol. The lowest BCUT2D eigenvalue weighted by Gasteiger charge is -2.35. The highest BCUT2D eigenvalue weighted by molar-refractivity contribution is 6.35. The van der Waals surface area contributed by atoms with Gasteiger partial charge in [-0.3, -0.25) is 0 Å². The summed E-state index contributed by atoms with van der Waals surface area (Å²) in [6.45, 7) is 10.0. The lowest BCUT2D eigenvalue weighted by Crippen LogP contribution is -2.39. The minimum atomic E-state index is 0.422. The van der Waals surface area contributed by atoms with Crippen LogP contribution in [0.5, 0.6) is 0 Å². The molecule has 1 N–H and O–H groups in total. The van der Waals surface area contributed by atoms with Crippen molar-refractivity contribution in [1.29, 1.82) is 0 Å². The Balaban J connectivity index is 1.98. The van der Waals surface area contributed by atoms with Gasteiger partial charge in [0.15, 0.2) is 0 Å². The van der Waals surface area contributed by atoms with E-state index < -0.39 is 0 Å². The van der Waals surface area contributed by atoms with Crippen LogP contribution in [0.1, 0.15) is 32.3 Å². The predicted octanol–water partition coefficient (Wildman–Crippen LogP) is 4.83. The van der Waals surface area contributed by atoms with Crippen LogP contribution < -0.4 is 5.32 Å². The molecular formula is C16H24Cl2N2. The number of aryl methyl sites for hydroxylation is 1. The molecule has 1 aromatic carbocycles. The normalized spacial score (nSPS) is 19.1. The summed E-state index contributed by atoms with van der Waals surface area (Å²) in [5.41, 5.74) is 1.97. The first-order valence-electron chi connectivity index (χ1n) is 7.45. The number of rotatable bonds is 4. The lowest BCUT2D eigenvalue weighted by atomic mass is 9.90. The molecule has 1 unspecified atom stereocenters. The number of likely N-dealkylation sites (tertiary alicyclic amines) is 1. The van der Waals surface area contributed by atoms with Crippen LogP contribution >= 0.6 is 23.2 Å². The molecule has 2 rings (SSSR count). The van der Waals surface area contributed by atoms with Crippen molar-refractivity contribution in [1.82, 2.24) is 4.90 Å². The van der Waals surface area contributed by atoms with Gasteiger partial charge in [0.05, 0.1) is 10.7 Å². The van der Waals surface area contributed by atoms with Crippen LogP contribution in [-0.2, 0) is 0 Å². The summed E-state index contributed by atoms with van der Waals surface area (Å²) in [5.74, 6) is 0.703. The molecule has 0 radical (unpaired) electrons. The molecule has 0 spiro atoms. The van der Waals surface area contributed by atoms with Crippen LogP contribution in [0.2, 0.25) is 10.0 Å². The zero-order valence-corrected chi connectivity index (χ0v) is 14.1. The molecule has 4 heteroatoms. The molecule has 1 heterocycles. The quantitative estimate of drug-likeness (QED) is 0.856. The Hall–Kier alpha value is -0.440. The Kier molecular flexibility index (Phi) is 5.59. The first-order chi connectivity index (χ1) is 9.51. The zero-order chi connectivity index (χ0) is 14.7. The van der Waals surface area contributed by atoms with Gasteiger partial charge in [0.2, 0.25) is 0 Å². The van der Waals surface area contributed by atoms with Crippen LogP contribution in [0.4, 0.5) is 5.69 Å². The highest BCUT2D eigenvalue weighted by Crippen LogP contribution is 2.31. The Bertz CT molecular complexity index is 454. The first-order valence-corrected chi connectivity index (χ1v) is 8.21. The van der Waals surface area contributed by atoms with E-state index in [-0.39, 0.29) is 0 Å². The summed E-state index contributed by atoms with van der Waals surface area (Å²) in [4.78, 5) is 2.51. The van der Waals surface area contributed by atoms with E-state index in [1.54, 1.807) is 0 Å². The number of hydrogen-bond acceptors (Lipinski definition) is 2. The van der Waals surface area contributed by atoms with E-state index in [4.69, 9.17) is 23.2 Å². The monoisotopic (exact) mass is 314 g/mol. The van der Waals surface area contributed by atoms with Gasteiger partial charge in [-0.25, -0.2) is 0 Å². The standard InChI is InChI=1S/C16H24Cl2N2/c1-4-20-7-5-13(6-8-20)12(3)19-16-10-14(17)11(2)9-15(16)18/h9-10,12-13,19H,4-8H2,1-3H3. The molecule has 0 amide bonds. The largest absolute Gasteiger partial charge is 0.381 e. The third-order valence-electron chi connectivity index (χ3n) is 4.42. The molecule has 0 bridgehead atoms. The molecule has 2 nitrogen and oxygen atoms in total. The maximum Gasteiger partial charge on any atom is 0.0641 e. The van der Waals surface area contributed by atoms with Gasteiger partial charge < -0.3 is 10.2 Å². The van der Waals surface area contributed by atoms with E-state index in [1.807, 2.05) is 19.1 Å². The van der Waals surface area contributed by atoms with Gasteiger partial charge in [-0.15, -0.1) is 0 Å². The number of nitrogens with zero attached hydrogens (tertiary/aromatic N) is 1. The highest BCUT2D eigenvalue weighted by Gasteiger charge is 2.23. The average Bonchev–Trinajstić information content (AvgIpc) is 2.44. The fourth-order valence-corrected chi connectivity index (χ4v) is 3.33. The third-order valence-corrected chi connectivity index (χ3v) is 5.14. The van der Waals surface area contributed by atoms with E-state index in [1.165, 1.54) is 25.9 Å². The lowest BCUT2D eigenvalue weighted by molar-refractivity contribution is 0.183. The van der Waals surface area contributed by atoms with Crippen molar-refractivity contribution in [3.05, 3.63) is 27.7 Å². The van der Waals surface area contributed by atoms with Crippen molar-refractivity contribution < 1.29 is 0 Å². The topological polar surface area (TPSA) is 15.3 Å². The molecule has 0 aromatic heterocycles. The van der Waals surface area contributed by atoms with Crippen LogP contribution in [-0.4, -0.2) is 30.6 Å². The molecule has 1 aromatic rings. The summed E-state index contributed by atoms with van der Waals surface area (Å²) in [6, 6.07) is 4.29. The predicted molar refractivity (Wildman–Crippen MR) is 89.1 cm³/mol. The minimum absolute atomic E-state index is 0.422. The fraction of sp³-hybridized carbons (Fsp3) is 0.625. The maximum absolute atomic E-state index is 6.30. The number of anilines is 1. The highest BCUT2D eigenvalue weighted by atomic mass is 35.5. The molecule has 1 aliphatic rings. The van der Waals surface area contributed by atoms with Crippen molar-refractivity contribution in [2.24, 2.45) is 5.92 Å². The van der Waals surface area contributed by atoms with Crippen molar-refractivity contribution >= 4 is 28.9 Å². The number of nitrogens with one attached hydrogen (secondary N) is 1. The van der Waals surface area contributed by atoms with Gasteiger partial charge >= 0.3 is 0 Å². The summed E-state index contributed by atoms with van der Waals surface area (Å²) >= 11 is 12.5. The number of benzene rings is 1. The van der Waals surface area contributed by atoms with Crippen molar-refractivity contribution in [3.63, 3.8) is 0 Å². The van der Waals surface area contributed by atoms with E-state index in [0.29, 0.717) is 12.0 Å². The number of halogens is 2. The minimum Gasteiger partial charge on any atom is -0.381 e. The molecular weight excluding hydrogens is 291 g/mol. The van der Waals surface area contributed by atoms with E-state index >= 15 is 0 Å². The summed E-state index contributed by atoms with van der Waals surface area (Å²) in [6.07, 6.45) is 2.50. The van der Waals surface area contributed by atoms with E-state index in [2.05, 4.69) is 24.1 Å². The Morgan fingerprint density at radius 2 is 1.90 bits per heavy atom. The number of piperidine rings is 1.